The molecule has 5 rings (SSSR count). The van der Waals surface area contributed by atoms with E-state index in [2.05, 4.69) is 26.2 Å². The lowest BCUT2D eigenvalue weighted by Crippen LogP contribution is -2.33. The number of likely N-dealkylation sites (tertiary alicyclic amines) is 1. The van der Waals surface area contributed by atoms with Crippen LogP contribution in [0, 0.1) is 6.92 Å². The number of thioether (sulfide) groups is 1. The number of imidazole rings is 1. The largest absolute Gasteiger partial charge is 0.340 e. The van der Waals surface area contributed by atoms with Gasteiger partial charge in [-0.15, -0.1) is 16.6 Å². The van der Waals surface area contributed by atoms with E-state index in [0.29, 0.717) is 17.9 Å². The Bertz CT molecular complexity index is 1220. The molecule has 9 heteroatoms. The van der Waals surface area contributed by atoms with E-state index in [1.165, 1.54) is 4.80 Å². The predicted molar refractivity (Wildman–Crippen MR) is 115 cm³/mol. The van der Waals surface area contributed by atoms with Gasteiger partial charge in [0.05, 0.1) is 24.0 Å². The number of H-pyrrole nitrogens is 1. The predicted octanol–water partition coefficient (Wildman–Crippen LogP) is 3.55. The van der Waals surface area contributed by atoms with Crippen LogP contribution >= 0.6 is 11.8 Å². The topological polar surface area (TPSA) is 92.6 Å². The quantitative estimate of drug-likeness (QED) is 0.509. The number of carbonyl (C=O) groups excluding carboxylic acids is 1. The molecule has 0 spiro atoms. The third-order valence-corrected chi connectivity index (χ3v) is 6.16. The highest BCUT2D eigenvalue weighted by molar-refractivity contribution is 7.98. The fourth-order valence-corrected chi connectivity index (χ4v) is 4.55. The number of benzene rings is 1. The minimum Gasteiger partial charge on any atom is -0.340 e. The van der Waals surface area contributed by atoms with Gasteiger partial charge in [0, 0.05) is 17.1 Å². The SMILES string of the molecule is CSc1cccc2[nH]c(C3CCCN3C(=O)c3nc(C)ccc3-n3nccn3)nc12. The number of aromatic amines is 1. The van der Waals surface area contributed by atoms with Crippen molar-refractivity contribution in [3.8, 4) is 5.69 Å². The molecule has 1 fully saturated rings. The second kappa shape index (κ2) is 7.56. The second-order valence-corrected chi connectivity index (χ2v) is 8.12. The van der Waals surface area contributed by atoms with E-state index in [-0.39, 0.29) is 11.9 Å². The van der Waals surface area contributed by atoms with Crippen molar-refractivity contribution in [2.45, 2.75) is 30.7 Å². The summed E-state index contributed by atoms with van der Waals surface area (Å²) in [7, 11) is 0. The number of fused-ring (bicyclic) bond motifs is 1. The van der Waals surface area contributed by atoms with Crippen molar-refractivity contribution in [1.82, 2.24) is 34.8 Å². The number of pyridine rings is 1. The van der Waals surface area contributed by atoms with Gasteiger partial charge in [0.25, 0.3) is 5.91 Å². The van der Waals surface area contributed by atoms with E-state index in [1.807, 2.05) is 42.3 Å². The van der Waals surface area contributed by atoms with Gasteiger partial charge in [-0.25, -0.2) is 9.97 Å². The van der Waals surface area contributed by atoms with Gasteiger partial charge in [-0.1, -0.05) is 6.07 Å². The Balaban J connectivity index is 1.53. The van der Waals surface area contributed by atoms with Gasteiger partial charge in [0.2, 0.25) is 0 Å². The van der Waals surface area contributed by atoms with E-state index in [0.717, 1.165) is 40.3 Å². The summed E-state index contributed by atoms with van der Waals surface area (Å²) in [5.74, 6) is 0.697. The van der Waals surface area contributed by atoms with E-state index in [9.17, 15) is 4.79 Å². The summed E-state index contributed by atoms with van der Waals surface area (Å²) >= 11 is 1.67. The maximum absolute atomic E-state index is 13.6. The molecule has 0 aliphatic carbocycles. The zero-order valence-electron chi connectivity index (χ0n) is 16.7. The smallest absolute Gasteiger partial charge is 0.275 e. The van der Waals surface area contributed by atoms with Crippen LogP contribution in [-0.4, -0.2) is 53.6 Å². The van der Waals surface area contributed by atoms with Crippen molar-refractivity contribution < 1.29 is 4.79 Å². The molecule has 1 aliphatic heterocycles. The summed E-state index contributed by atoms with van der Waals surface area (Å²) < 4.78 is 0. The van der Waals surface area contributed by atoms with Crippen molar-refractivity contribution in [2.24, 2.45) is 0 Å². The monoisotopic (exact) mass is 419 g/mol. The third-order valence-electron chi connectivity index (χ3n) is 5.39. The van der Waals surface area contributed by atoms with Crippen LogP contribution in [0.1, 0.15) is 40.9 Å². The first-order valence-electron chi connectivity index (χ1n) is 9.83. The van der Waals surface area contributed by atoms with Gasteiger partial charge in [-0.2, -0.15) is 10.2 Å². The van der Waals surface area contributed by atoms with Crippen molar-refractivity contribution in [3.05, 3.63) is 59.9 Å². The first-order chi connectivity index (χ1) is 14.7. The Labute approximate surface area is 177 Å². The standard InChI is InChI=1S/C21H21N7OS/c1-13-8-9-15(28-22-10-11-23-28)19(24-13)21(29)27-12-4-6-16(27)20-25-14-5-3-7-17(30-2)18(14)26-20/h3,5,7-11,16H,4,6,12H2,1-2H3,(H,25,26). The molecule has 0 saturated carbocycles. The summed E-state index contributed by atoms with van der Waals surface area (Å²) in [5.41, 5.74) is 3.66. The molecule has 1 atom stereocenters. The Morgan fingerprint density at radius 3 is 2.80 bits per heavy atom. The maximum Gasteiger partial charge on any atom is 0.275 e. The van der Waals surface area contributed by atoms with E-state index in [4.69, 9.17) is 4.98 Å². The molecule has 30 heavy (non-hydrogen) atoms. The molecular weight excluding hydrogens is 398 g/mol. The zero-order chi connectivity index (χ0) is 20.7. The molecule has 4 aromatic rings. The molecule has 152 valence electrons. The minimum absolute atomic E-state index is 0.111. The van der Waals surface area contributed by atoms with Crippen LogP contribution in [0.4, 0.5) is 0 Å². The number of rotatable bonds is 4. The first kappa shape index (κ1) is 18.8. The zero-order valence-corrected chi connectivity index (χ0v) is 17.6. The van der Waals surface area contributed by atoms with Crippen LogP contribution in [0.3, 0.4) is 0 Å². The van der Waals surface area contributed by atoms with E-state index < -0.39 is 0 Å². The van der Waals surface area contributed by atoms with Crippen LogP contribution in [0.5, 0.6) is 0 Å². The van der Waals surface area contributed by atoms with Crippen molar-refractivity contribution in [1.29, 1.82) is 0 Å². The molecule has 1 N–H and O–H groups in total. The van der Waals surface area contributed by atoms with E-state index >= 15 is 0 Å². The van der Waals surface area contributed by atoms with Crippen molar-refractivity contribution >= 4 is 28.7 Å². The van der Waals surface area contributed by atoms with Gasteiger partial charge in [-0.3, -0.25) is 4.79 Å². The number of hydrogen-bond donors (Lipinski definition) is 1. The fraction of sp³-hybridized carbons (Fsp3) is 0.286. The molecule has 1 saturated heterocycles. The average Bonchev–Trinajstić information content (AvgIpc) is 3.52. The lowest BCUT2D eigenvalue weighted by molar-refractivity contribution is 0.0724. The van der Waals surface area contributed by atoms with Crippen LogP contribution in [0.2, 0.25) is 0 Å². The normalized spacial score (nSPS) is 16.5. The number of para-hydroxylation sites is 1. The highest BCUT2D eigenvalue weighted by Crippen LogP contribution is 2.34. The van der Waals surface area contributed by atoms with Gasteiger partial charge >= 0.3 is 0 Å². The third kappa shape index (κ3) is 3.15. The maximum atomic E-state index is 13.6. The second-order valence-electron chi connectivity index (χ2n) is 7.27. The summed E-state index contributed by atoms with van der Waals surface area (Å²) in [6.45, 7) is 2.54. The Morgan fingerprint density at radius 2 is 2.00 bits per heavy atom. The number of aryl methyl sites for hydroxylation is 1. The summed E-state index contributed by atoms with van der Waals surface area (Å²) in [5, 5.41) is 8.37. The molecule has 8 nitrogen and oxygen atoms in total. The van der Waals surface area contributed by atoms with Crippen molar-refractivity contribution in [3.63, 3.8) is 0 Å². The van der Waals surface area contributed by atoms with Crippen LogP contribution in [0.25, 0.3) is 16.7 Å². The Morgan fingerprint density at radius 1 is 1.17 bits per heavy atom. The molecule has 1 aliphatic rings. The number of amides is 1. The molecule has 0 radical (unpaired) electrons. The van der Waals surface area contributed by atoms with Crippen LogP contribution in [0.15, 0.2) is 47.6 Å². The van der Waals surface area contributed by atoms with Gasteiger partial charge in [0.1, 0.15) is 17.0 Å². The lowest BCUT2D eigenvalue weighted by Gasteiger charge is -2.23. The molecule has 1 aromatic carbocycles. The summed E-state index contributed by atoms with van der Waals surface area (Å²) in [6.07, 6.45) is 7.00. The van der Waals surface area contributed by atoms with Crippen molar-refractivity contribution in [2.75, 3.05) is 12.8 Å². The Hall–Kier alpha value is -3.20. The van der Waals surface area contributed by atoms with Crippen LogP contribution in [-0.2, 0) is 0 Å². The minimum atomic E-state index is -0.126. The fourth-order valence-electron chi connectivity index (χ4n) is 3.99. The van der Waals surface area contributed by atoms with Gasteiger partial charge in [-0.05, 0) is 50.3 Å². The number of carbonyl (C=O) groups is 1. The average molecular weight is 420 g/mol. The lowest BCUT2D eigenvalue weighted by atomic mass is 10.2. The first-order valence-corrected chi connectivity index (χ1v) is 11.1. The van der Waals surface area contributed by atoms with Gasteiger partial charge in [0.15, 0.2) is 5.69 Å². The number of nitrogens with one attached hydrogen (secondary N) is 1. The number of hydrogen-bond acceptors (Lipinski definition) is 6. The highest BCUT2D eigenvalue weighted by atomic mass is 32.2. The molecular formula is C21H21N7OS. The molecule has 1 amide bonds. The Kier molecular flexibility index (Phi) is 4.74. The molecule has 0 bridgehead atoms. The summed E-state index contributed by atoms with van der Waals surface area (Å²) in [4.78, 5) is 30.9. The van der Waals surface area contributed by atoms with Gasteiger partial charge < -0.3 is 9.88 Å². The molecule has 4 heterocycles. The number of nitrogens with zero attached hydrogens (tertiary/aromatic N) is 6. The summed E-state index contributed by atoms with van der Waals surface area (Å²) in [6, 6.07) is 9.70. The van der Waals surface area contributed by atoms with E-state index in [1.54, 1.807) is 24.2 Å². The molecule has 3 aromatic heterocycles. The van der Waals surface area contributed by atoms with Crippen LogP contribution < -0.4 is 0 Å². The number of aromatic nitrogens is 6. The molecule has 1 unspecified atom stereocenters. The highest BCUT2D eigenvalue weighted by Gasteiger charge is 2.35.